The van der Waals surface area contributed by atoms with Gasteiger partial charge in [-0.05, 0) is 41.1 Å². The molecule has 0 unspecified atom stereocenters. The Hall–Kier alpha value is -0.920. The molecule has 0 aliphatic heterocycles. The number of hydrogen-bond acceptors (Lipinski definition) is 5. The van der Waals surface area contributed by atoms with Gasteiger partial charge in [-0.15, -0.1) is 5.10 Å². The van der Waals surface area contributed by atoms with Crippen LogP contribution in [0.3, 0.4) is 0 Å². The minimum absolute atomic E-state index is 0.868. The van der Waals surface area contributed by atoms with Crippen LogP contribution in [0.4, 0.5) is 0 Å². The lowest BCUT2D eigenvalue weighted by Gasteiger charge is -2.04. The van der Waals surface area contributed by atoms with Crippen molar-refractivity contribution in [2.45, 2.75) is 18.1 Å². The molecule has 2 aromatic rings. The Bertz CT molecular complexity index is 499. The molecule has 5 nitrogen and oxygen atoms in total. The van der Waals surface area contributed by atoms with Crippen LogP contribution in [0.1, 0.15) is 12.0 Å². The molecule has 1 N–H and O–H groups in total. The summed E-state index contributed by atoms with van der Waals surface area (Å²) in [6.45, 7) is 1.90. The van der Waals surface area contributed by atoms with Crippen LogP contribution >= 0.6 is 27.7 Å². The molecule has 0 bridgehead atoms. The van der Waals surface area contributed by atoms with Gasteiger partial charge in [-0.25, -0.2) is 4.68 Å². The normalized spacial score (nSPS) is 10.8. The predicted molar refractivity (Wildman–Crippen MR) is 80.0 cm³/mol. The van der Waals surface area contributed by atoms with Crippen LogP contribution < -0.4 is 5.32 Å². The maximum absolute atomic E-state index is 3.93. The number of thioether (sulfide) groups is 1. The summed E-state index contributed by atoms with van der Waals surface area (Å²) < 4.78 is 2.81. The summed E-state index contributed by atoms with van der Waals surface area (Å²) in [7, 11) is 1.86. The summed E-state index contributed by atoms with van der Waals surface area (Å²) in [4.78, 5) is 0. The average Bonchev–Trinajstić information content (AvgIpc) is 2.81. The van der Waals surface area contributed by atoms with Crippen LogP contribution in [0.2, 0.25) is 0 Å². The van der Waals surface area contributed by atoms with Crippen molar-refractivity contribution in [3.05, 3.63) is 34.3 Å². The summed E-state index contributed by atoms with van der Waals surface area (Å²) in [6.07, 6.45) is 1.09. The Morgan fingerprint density at radius 2 is 2.11 bits per heavy atom. The monoisotopic (exact) mass is 341 g/mol. The van der Waals surface area contributed by atoms with E-state index in [0.29, 0.717) is 0 Å². The van der Waals surface area contributed by atoms with Gasteiger partial charge >= 0.3 is 0 Å². The lowest BCUT2D eigenvalue weighted by Crippen LogP contribution is -2.15. The Morgan fingerprint density at radius 1 is 1.32 bits per heavy atom. The molecule has 2 rings (SSSR count). The molecule has 7 heteroatoms. The fourth-order valence-corrected chi connectivity index (χ4v) is 2.59. The third-order valence-electron chi connectivity index (χ3n) is 2.55. The molecule has 0 radical (unpaired) electrons. The number of rotatable bonds is 7. The maximum atomic E-state index is 3.93. The summed E-state index contributed by atoms with van der Waals surface area (Å²) in [5.41, 5.74) is 1.30. The number of halogens is 1. The maximum Gasteiger partial charge on any atom is 0.209 e. The van der Waals surface area contributed by atoms with Gasteiger partial charge < -0.3 is 5.32 Å². The Morgan fingerprint density at radius 3 is 2.79 bits per heavy atom. The molecule has 0 atom stereocenters. The number of tetrazole rings is 1. The largest absolute Gasteiger partial charge is 0.313 e. The van der Waals surface area contributed by atoms with Gasteiger partial charge in [0.15, 0.2) is 0 Å². The minimum atomic E-state index is 0.868. The molecule has 19 heavy (non-hydrogen) atoms. The number of nitrogens with zero attached hydrogens (tertiary/aromatic N) is 4. The standard InChI is InChI=1S/C12H16BrN5S/c1-18-12(15-16-17-18)19-8-2-7-14-9-10-3-5-11(13)6-4-10/h3-6,14H,2,7-9H2,1H3. The van der Waals surface area contributed by atoms with Crippen molar-refractivity contribution >= 4 is 27.7 Å². The molecule has 0 saturated heterocycles. The number of benzene rings is 1. The highest BCUT2D eigenvalue weighted by molar-refractivity contribution is 9.10. The number of aryl methyl sites for hydroxylation is 1. The van der Waals surface area contributed by atoms with Gasteiger partial charge in [0.1, 0.15) is 0 Å². The number of nitrogens with one attached hydrogen (secondary N) is 1. The Balaban J connectivity index is 1.57. The molecule has 1 aromatic heterocycles. The van der Waals surface area contributed by atoms with Crippen molar-refractivity contribution in [2.24, 2.45) is 7.05 Å². The van der Waals surface area contributed by atoms with E-state index in [0.717, 1.165) is 34.9 Å². The first-order valence-corrected chi connectivity index (χ1v) is 7.84. The second-order valence-corrected chi connectivity index (χ2v) is 6.07. The quantitative estimate of drug-likeness (QED) is 0.618. The lowest BCUT2D eigenvalue weighted by atomic mass is 10.2. The molecular formula is C12H16BrN5S. The van der Waals surface area contributed by atoms with Crippen LogP contribution in [0.5, 0.6) is 0 Å². The predicted octanol–water partition coefficient (Wildman–Crippen LogP) is 2.24. The second-order valence-electron chi connectivity index (χ2n) is 4.09. The molecule has 0 spiro atoms. The highest BCUT2D eigenvalue weighted by atomic mass is 79.9. The number of aromatic nitrogens is 4. The molecule has 0 fully saturated rings. The van der Waals surface area contributed by atoms with Crippen LogP contribution in [0.25, 0.3) is 0 Å². The van der Waals surface area contributed by atoms with Gasteiger partial charge in [-0.1, -0.05) is 39.8 Å². The summed E-state index contributed by atoms with van der Waals surface area (Å²) in [5, 5.41) is 15.6. The van der Waals surface area contributed by atoms with Crippen molar-refractivity contribution < 1.29 is 0 Å². The summed E-state index contributed by atoms with van der Waals surface area (Å²) in [6, 6.07) is 8.37. The molecule has 0 aliphatic rings. The van der Waals surface area contributed by atoms with Crippen molar-refractivity contribution in [1.29, 1.82) is 0 Å². The van der Waals surface area contributed by atoms with Crippen molar-refractivity contribution in [3.8, 4) is 0 Å². The fraction of sp³-hybridized carbons (Fsp3) is 0.417. The molecule has 0 amide bonds. The van der Waals surface area contributed by atoms with Gasteiger partial charge in [-0.2, -0.15) is 0 Å². The van der Waals surface area contributed by atoms with Crippen molar-refractivity contribution in [3.63, 3.8) is 0 Å². The lowest BCUT2D eigenvalue weighted by molar-refractivity contribution is 0.661. The first kappa shape index (κ1) is 14.5. The van der Waals surface area contributed by atoms with E-state index in [-0.39, 0.29) is 0 Å². The summed E-state index contributed by atoms with van der Waals surface area (Å²) >= 11 is 5.11. The molecule has 102 valence electrons. The molecule has 0 aliphatic carbocycles. The third kappa shape index (κ3) is 4.93. The molecule has 1 heterocycles. The number of hydrogen-bond donors (Lipinski definition) is 1. The molecule has 1 aromatic carbocycles. The van der Waals surface area contributed by atoms with Crippen LogP contribution in [-0.4, -0.2) is 32.5 Å². The minimum Gasteiger partial charge on any atom is -0.313 e. The Kier molecular flexibility index (Phi) is 5.81. The SMILES string of the molecule is Cn1nnnc1SCCCNCc1ccc(Br)cc1. The van der Waals surface area contributed by atoms with E-state index < -0.39 is 0 Å². The highest BCUT2D eigenvalue weighted by Crippen LogP contribution is 2.13. The van der Waals surface area contributed by atoms with Crippen LogP contribution in [0.15, 0.2) is 33.9 Å². The highest BCUT2D eigenvalue weighted by Gasteiger charge is 2.01. The van der Waals surface area contributed by atoms with E-state index >= 15 is 0 Å². The van der Waals surface area contributed by atoms with E-state index in [9.17, 15) is 0 Å². The smallest absolute Gasteiger partial charge is 0.209 e. The summed E-state index contributed by atoms with van der Waals surface area (Å²) in [5.74, 6) is 1.02. The van der Waals surface area contributed by atoms with Gasteiger partial charge in [-0.3, -0.25) is 0 Å². The van der Waals surface area contributed by atoms with E-state index in [1.54, 1.807) is 16.4 Å². The van der Waals surface area contributed by atoms with Gasteiger partial charge in [0.25, 0.3) is 0 Å². The fourth-order valence-electron chi connectivity index (χ4n) is 1.54. The molecular weight excluding hydrogens is 326 g/mol. The van der Waals surface area contributed by atoms with E-state index in [1.807, 2.05) is 7.05 Å². The van der Waals surface area contributed by atoms with Crippen LogP contribution in [0, 0.1) is 0 Å². The van der Waals surface area contributed by atoms with E-state index in [2.05, 4.69) is 61.0 Å². The third-order valence-corrected chi connectivity index (χ3v) is 4.18. The topological polar surface area (TPSA) is 55.6 Å². The van der Waals surface area contributed by atoms with E-state index in [1.165, 1.54) is 5.56 Å². The Labute approximate surface area is 125 Å². The zero-order valence-corrected chi connectivity index (χ0v) is 13.1. The second kappa shape index (κ2) is 7.62. The van der Waals surface area contributed by atoms with E-state index in [4.69, 9.17) is 0 Å². The first-order valence-electron chi connectivity index (χ1n) is 6.06. The van der Waals surface area contributed by atoms with Gasteiger partial charge in [0, 0.05) is 23.8 Å². The van der Waals surface area contributed by atoms with Crippen molar-refractivity contribution in [2.75, 3.05) is 12.3 Å². The van der Waals surface area contributed by atoms with Crippen molar-refractivity contribution in [1.82, 2.24) is 25.5 Å². The van der Waals surface area contributed by atoms with Crippen LogP contribution in [-0.2, 0) is 13.6 Å². The average molecular weight is 342 g/mol. The zero-order valence-electron chi connectivity index (χ0n) is 10.7. The van der Waals surface area contributed by atoms with Gasteiger partial charge in [0.05, 0.1) is 0 Å². The molecule has 0 saturated carbocycles. The zero-order chi connectivity index (χ0) is 13.5. The first-order chi connectivity index (χ1) is 9.25. The van der Waals surface area contributed by atoms with Gasteiger partial charge in [0.2, 0.25) is 5.16 Å².